The van der Waals surface area contributed by atoms with Crippen LogP contribution in [0, 0.1) is 3.57 Å². The Balaban J connectivity index is 1.99. The zero-order valence-electron chi connectivity index (χ0n) is 9.06. The first-order valence-electron chi connectivity index (χ1n) is 5.41. The van der Waals surface area contributed by atoms with Crippen LogP contribution in [0.25, 0.3) is 0 Å². The summed E-state index contributed by atoms with van der Waals surface area (Å²) in [6.07, 6.45) is 0. The summed E-state index contributed by atoms with van der Waals surface area (Å²) < 4.78 is 1.18. The maximum Gasteiger partial charge on any atom is 0.258 e. The van der Waals surface area contributed by atoms with Crippen LogP contribution in [-0.4, -0.2) is 5.91 Å². The molecule has 1 amide bonds. The summed E-state index contributed by atoms with van der Waals surface area (Å²) in [4.78, 5) is 14.0. The van der Waals surface area contributed by atoms with Crippen molar-refractivity contribution in [2.24, 2.45) is 0 Å². The van der Waals surface area contributed by atoms with Gasteiger partial charge in [-0.15, -0.1) is 0 Å². The van der Waals surface area contributed by atoms with Gasteiger partial charge in [-0.3, -0.25) is 4.79 Å². The molecule has 0 aromatic heterocycles. The maximum atomic E-state index is 12.2. The Kier molecular flexibility index (Phi) is 2.63. The molecule has 0 spiro atoms. The fourth-order valence-electron chi connectivity index (χ4n) is 2.08. The van der Waals surface area contributed by atoms with E-state index < -0.39 is 0 Å². The Hall–Kier alpha value is -1.36. The van der Waals surface area contributed by atoms with E-state index in [9.17, 15) is 4.79 Å². The molecule has 0 fully saturated rings. The zero-order chi connectivity index (χ0) is 11.8. The Morgan fingerprint density at radius 1 is 1.00 bits per heavy atom. The molecule has 2 nitrogen and oxygen atoms in total. The molecule has 0 radical (unpaired) electrons. The number of carbonyl (C=O) groups excluding carboxylic acids is 1. The number of rotatable bonds is 1. The summed E-state index contributed by atoms with van der Waals surface area (Å²) in [5.41, 5.74) is 2.90. The summed E-state index contributed by atoms with van der Waals surface area (Å²) >= 11 is 2.26. The average Bonchev–Trinajstić information content (AvgIpc) is 2.69. The van der Waals surface area contributed by atoms with E-state index in [2.05, 4.69) is 22.6 Å². The minimum Gasteiger partial charge on any atom is -0.304 e. The molecule has 0 saturated carbocycles. The van der Waals surface area contributed by atoms with E-state index in [4.69, 9.17) is 0 Å². The number of nitrogens with zero attached hydrogens (tertiary/aromatic N) is 1. The number of benzene rings is 2. The number of amides is 1. The van der Waals surface area contributed by atoms with E-state index >= 15 is 0 Å². The second-order valence-electron chi connectivity index (χ2n) is 4.02. The van der Waals surface area contributed by atoms with Gasteiger partial charge in [-0.05, 0) is 58.5 Å². The highest BCUT2D eigenvalue weighted by Crippen LogP contribution is 2.28. The number of halogens is 1. The molecule has 2 aromatic rings. The van der Waals surface area contributed by atoms with Crippen molar-refractivity contribution in [2.45, 2.75) is 6.54 Å². The summed E-state index contributed by atoms with van der Waals surface area (Å²) in [6, 6.07) is 15.8. The Morgan fingerprint density at radius 2 is 1.71 bits per heavy atom. The molecule has 0 bridgehead atoms. The first-order valence-corrected chi connectivity index (χ1v) is 6.49. The van der Waals surface area contributed by atoms with E-state index in [1.807, 2.05) is 53.4 Å². The highest BCUT2D eigenvalue weighted by atomic mass is 127. The fourth-order valence-corrected chi connectivity index (χ4v) is 2.44. The van der Waals surface area contributed by atoms with Crippen molar-refractivity contribution in [3.8, 4) is 0 Å². The van der Waals surface area contributed by atoms with Gasteiger partial charge in [-0.1, -0.05) is 18.2 Å². The second kappa shape index (κ2) is 4.14. The number of hydrogen-bond donors (Lipinski definition) is 0. The molecule has 0 N–H and O–H groups in total. The molecule has 17 heavy (non-hydrogen) atoms. The summed E-state index contributed by atoms with van der Waals surface area (Å²) in [5, 5.41) is 0. The van der Waals surface area contributed by atoms with E-state index in [1.165, 1.54) is 3.57 Å². The third kappa shape index (κ3) is 1.84. The molecule has 0 saturated heterocycles. The topological polar surface area (TPSA) is 20.3 Å². The third-order valence-electron chi connectivity index (χ3n) is 2.96. The van der Waals surface area contributed by atoms with E-state index in [1.54, 1.807) is 0 Å². The lowest BCUT2D eigenvalue weighted by atomic mass is 10.1. The van der Waals surface area contributed by atoms with Gasteiger partial charge >= 0.3 is 0 Å². The van der Waals surface area contributed by atoms with Crippen molar-refractivity contribution in [1.82, 2.24) is 0 Å². The normalized spacial score (nSPS) is 13.9. The summed E-state index contributed by atoms with van der Waals surface area (Å²) in [6.45, 7) is 0.676. The number of carbonyl (C=O) groups is 1. The van der Waals surface area contributed by atoms with E-state index in [0.717, 1.165) is 16.8 Å². The third-order valence-corrected chi connectivity index (χ3v) is 3.68. The molecule has 0 unspecified atom stereocenters. The van der Waals surface area contributed by atoms with Crippen LogP contribution in [0.4, 0.5) is 5.69 Å². The quantitative estimate of drug-likeness (QED) is 0.731. The van der Waals surface area contributed by atoms with Crippen LogP contribution in [0.1, 0.15) is 15.9 Å². The summed E-state index contributed by atoms with van der Waals surface area (Å²) in [5.74, 6) is 0.0989. The SMILES string of the molecule is O=C1c2ccccc2CN1c1ccc(I)cc1. The van der Waals surface area contributed by atoms with E-state index in [0.29, 0.717) is 6.54 Å². The monoisotopic (exact) mass is 335 g/mol. The fraction of sp³-hybridized carbons (Fsp3) is 0.0714. The van der Waals surface area contributed by atoms with Gasteiger partial charge in [0.25, 0.3) is 5.91 Å². The zero-order valence-corrected chi connectivity index (χ0v) is 11.2. The van der Waals surface area contributed by atoms with Crippen LogP contribution in [-0.2, 0) is 6.54 Å². The molecular weight excluding hydrogens is 325 g/mol. The van der Waals surface area contributed by atoms with Crippen molar-refractivity contribution >= 4 is 34.2 Å². The molecule has 1 aliphatic rings. The second-order valence-corrected chi connectivity index (χ2v) is 5.27. The lowest BCUT2D eigenvalue weighted by molar-refractivity contribution is 0.0996. The smallest absolute Gasteiger partial charge is 0.258 e. The highest BCUT2D eigenvalue weighted by Gasteiger charge is 2.27. The van der Waals surface area contributed by atoms with Gasteiger partial charge in [0.2, 0.25) is 0 Å². The largest absolute Gasteiger partial charge is 0.304 e. The van der Waals surface area contributed by atoms with Crippen LogP contribution in [0.15, 0.2) is 48.5 Å². The van der Waals surface area contributed by atoms with Crippen LogP contribution >= 0.6 is 22.6 Å². The molecule has 84 valence electrons. The van der Waals surface area contributed by atoms with Crippen molar-refractivity contribution in [3.63, 3.8) is 0 Å². The number of hydrogen-bond acceptors (Lipinski definition) is 1. The van der Waals surface area contributed by atoms with Crippen molar-refractivity contribution in [1.29, 1.82) is 0 Å². The predicted molar refractivity (Wildman–Crippen MR) is 76.1 cm³/mol. The van der Waals surface area contributed by atoms with Crippen molar-refractivity contribution in [3.05, 3.63) is 63.2 Å². The average molecular weight is 335 g/mol. The number of fused-ring (bicyclic) bond motifs is 1. The van der Waals surface area contributed by atoms with Crippen LogP contribution in [0.2, 0.25) is 0 Å². The first-order chi connectivity index (χ1) is 8.25. The first kappa shape index (κ1) is 10.8. The van der Waals surface area contributed by atoms with Gasteiger partial charge in [0.05, 0.1) is 6.54 Å². The Morgan fingerprint density at radius 3 is 2.41 bits per heavy atom. The van der Waals surface area contributed by atoms with Gasteiger partial charge < -0.3 is 4.90 Å². The maximum absolute atomic E-state index is 12.2. The van der Waals surface area contributed by atoms with Gasteiger partial charge in [0.15, 0.2) is 0 Å². The lowest BCUT2D eigenvalue weighted by Crippen LogP contribution is -2.22. The van der Waals surface area contributed by atoms with Crippen molar-refractivity contribution in [2.75, 3.05) is 4.90 Å². The number of anilines is 1. The van der Waals surface area contributed by atoms with E-state index in [-0.39, 0.29) is 5.91 Å². The Bertz CT molecular complexity index is 577. The molecule has 3 heteroatoms. The minimum atomic E-state index is 0.0989. The van der Waals surface area contributed by atoms with Gasteiger partial charge in [-0.2, -0.15) is 0 Å². The molecule has 2 aromatic carbocycles. The molecule has 0 atom stereocenters. The molecule has 1 aliphatic heterocycles. The molecule has 1 heterocycles. The summed E-state index contributed by atoms with van der Waals surface area (Å²) in [7, 11) is 0. The minimum absolute atomic E-state index is 0.0989. The van der Waals surface area contributed by atoms with Crippen LogP contribution in [0.5, 0.6) is 0 Å². The lowest BCUT2D eigenvalue weighted by Gasteiger charge is -2.15. The van der Waals surface area contributed by atoms with Crippen LogP contribution < -0.4 is 4.90 Å². The van der Waals surface area contributed by atoms with Gasteiger partial charge in [-0.25, -0.2) is 0 Å². The van der Waals surface area contributed by atoms with Crippen molar-refractivity contribution < 1.29 is 4.79 Å². The highest BCUT2D eigenvalue weighted by molar-refractivity contribution is 14.1. The Labute approximate surface area is 113 Å². The predicted octanol–water partition coefficient (Wildman–Crippen LogP) is 3.45. The van der Waals surface area contributed by atoms with Gasteiger partial charge in [0, 0.05) is 14.8 Å². The molecule has 0 aliphatic carbocycles. The van der Waals surface area contributed by atoms with Gasteiger partial charge in [0.1, 0.15) is 0 Å². The standard InChI is InChI=1S/C14H10INO/c15-11-5-7-12(8-6-11)16-9-10-3-1-2-4-13(10)14(16)17/h1-8H,9H2. The molecular formula is C14H10INO. The van der Waals surface area contributed by atoms with Crippen LogP contribution in [0.3, 0.4) is 0 Å². The molecule has 3 rings (SSSR count).